The molecule has 4 rings (SSSR count). The number of halogens is 5. The number of nitrogens with zero attached hydrogens (tertiary/aromatic N) is 5. The van der Waals surface area contributed by atoms with E-state index in [0.29, 0.717) is 6.33 Å². The lowest BCUT2D eigenvalue weighted by atomic mass is 10.0. The molecule has 190 valence electrons. The minimum Gasteiger partial charge on any atom is -0.449 e. The molecule has 0 unspecified atom stereocenters. The van der Waals surface area contributed by atoms with E-state index in [1.165, 1.54) is 24.3 Å². The second-order valence-electron chi connectivity index (χ2n) is 7.65. The highest BCUT2D eigenvalue weighted by Gasteiger charge is 2.38. The molecule has 0 amide bonds. The molecule has 0 aliphatic carbocycles. The summed E-state index contributed by atoms with van der Waals surface area (Å²) in [5.74, 6) is -2.35. The first-order chi connectivity index (χ1) is 18.0. The van der Waals surface area contributed by atoms with Gasteiger partial charge in [-0.15, -0.1) is 0 Å². The van der Waals surface area contributed by atoms with Gasteiger partial charge in [-0.3, -0.25) is 14.2 Å². The Kier molecular flexibility index (Phi) is 6.97. The summed E-state index contributed by atoms with van der Waals surface area (Å²) in [6.07, 6.45) is -4.43. The number of aromatic amines is 1. The molecule has 0 saturated heterocycles. The Labute approximate surface area is 214 Å². The Morgan fingerprint density at radius 1 is 1.08 bits per heavy atom. The number of rotatable bonds is 5. The first-order valence-electron chi connectivity index (χ1n) is 10.3. The van der Waals surface area contributed by atoms with Crippen LogP contribution in [0, 0.1) is 28.5 Å². The van der Waals surface area contributed by atoms with Crippen molar-refractivity contribution in [1.29, 1.82) is 10.5 Å². The van der Waals surface area contributed by atoms with Gasteiger partial charge in [0.25, 0.3) is 11.1 Å². The van der Waals surface area contributed by atoms with Gasteiger partial charge in [-0.1, -0.05) is 17.7 Å². The van der Waals surface area contributed by atoms with Gasteiger partial charge in [-0.25, -0.2) is 14.5 Å². The van der Waals surface area contributed by atoms with E-state index in [1.54, 1.807) is 12.1 Å². The third-order valence-electron chi connectivity index (χ3n) is 5.07. The molecule has 0 radical (unpaired) electrons. The molecule has 0 aliphatic heterocycles. The maximum Gasteiger partial charge on any atom is 0.437 e. The van der Waals surface area contributed by atoms with Crippen LogP contribution in [-0.2, 0) is 12.7 Å². The lowest BCUT2D eigenvalue weighted by molar-refractivity contribution is -0.142. The van der Waals surface area contributed by atoms with E-state index in [2.05, 4.69) is 15.2 Å². The third-order valence-corrected chi connectivity index (χ3v) is 5.29. The van der Waals surface area contributed by atoms with E-state index in [0.717, 1.165) is 22.8 Å². The Hall–Kier alpha value is -5.01. The predicted octanol–water partition coefficient (Wildman–Crippen LogP) is 4.39. The molecular formula is C24H11ClF4N6O3. The number of nitriles is 2. The van der Waals surface area contributed by atoms with Crippen LogP contribution in [0.2, 0.25) is 5.02 Å². The number of alkyl halides is 3. The summed E-state index contributed by atoms with van der Waals surface area (Å²) in [6.45, 7) is -0.456. The molecule has 0 fully saturated rings. The van der Waals surface area contributed by atoms with Gasteiger partial charge in [0.05, 0.1) is 41.3 Å². The summed E-state index contributed by atoms with van der Waals surface area (Å²) in [7, 11) is 0. The van der Waals surface area contributed by atoms with Crippen molar-refractivity contribution >= 4 is 11.6 Å². The zero-order valence-electron chi connectivity index (χ0n) is 18.7. The van der Waals surface area contributed by atoms with Crippen LogP contribution in [0.5, 0.6) is 11.5 Å². The first kappa shape index (κ1) is 26.1. The van der Waals surface area contributed by atoms with E-state index < -0.39 is 41.1 Å². The highest BCUT2D eigenvalue weighted by Crippen LogP contribution is 2.35. The van der Waals surface area contributed by atoms with Gasteiger partial charge in [0.1, 0.15) is 17.6 Å². The maximum absolute atomic E-state index is 14.1. The smallest absolute Gasteiger partial charge is 0.437 e. The molecule has 4 aromatic rings. The summed E-state index contributed by atoms with van der Waals surface area (Å²) in [4.78, 5) is 28.7. The Balaban J connectivity index is 1.76. The van der Waals surface area contributed by atoms with E-state index in [-0.39, 0.29) is 38.7 Å². The number of H-pyrrole nitrogens is 1. The first-order valence-corrected chi connectivity index (χ1v) is 10.7. The molecule has 14 heteroatoms. The average Bonchev–Trinajstić information content (AvgIpc) is 2.86. The van der Waals surface area contributed by atoms with Crippen LogP contribution >= 0.6 is 11.6 Å². The molecule has 1 N–H and O–H groups in total. The number of nitrogens with one attached hydrogen (secondary N) is 1. The molecular weight excluding hydrogens is 532 g/mol. The van der Waals surface area contributed by atoms with Gasteiger partial charge in [0.15, 0.2) is 5.69 Å². The topological polar surface area (TPSA) is 137 Å². The Morgan fingerprint density at radius 2 is 1.84 bits per heavy atom. The van der Waals surface area contributed by atoms with E-state index in [1.807, 2.05) is 0 Å². The molecule has 2 aromatic heterocycles. The van der Waals surface area contributed by atoms with Crippen LogP contribution in [0.15, 0.2) is 58.4 Å². The van der Waals surface area contributed by atoms with Gasteiger partial charge in [-0.05, 0) is 42.0 Å². The van der Waals surface area contributed by atoms with Gasteiger partial charge >= 0.3 is 6.18 Å². The highest BCUT2D eigenvalue weighted by molar-refractivity contribution is 6.30. The van der Waals surface area contributed by atoms with Crippen molar-refractivity contribution in [2.75, 3.05) is 0 Å². The van der Waals surface area contributed by atoms with Crippen molar-refractivity contribution in [2.24, 2.45) is 0 Å². The summed E-state index contributed by atoms with van der Waals surface area (Å²) in [5.41, 5.74) is -3.79. The SMILES string of the molecule is N#Cc1cc(Cl)cc(Oc2c(C(F)(F)F)ncn(Cc3cc(-c4ccc(C#N)c(F)c4)c(=O)[nH]n3)c2=O)c1. The molecule has 0 atom stereocenters. The second-order valence-corrected chi connectivity index (χ2v) is 8.09. The summed E-state index contributed by atoms with van der Waals surface area (Å²) in [6, 6.07) is 11.6. The monoisotopic (exact) mass is 542 g/mol. The standard InChI is InChI=1S/C24H11ClF4N6O3/c25-15-3-12(8-30)4-17(6-15)38-20-21(24(27,28)29)32-11-35(23(20)37)10-16-7-18(22(36)34-33-16)13-1-2-14(9-31)19(26)5-13/h1-7,11H,10H2,(H,34,36). The van der Waals surface area contributed by atoms with Crippen LogP contribution in [-0.4, -0.2) is 19.7 Å². The third kappa shape index (κ3) is 5.38. The fraction of sp³-hybridized carbons (Fsp3) is 0.0833. The number of hydrogen-bond acceptors (Lipinski definition) is 7. The van der Waals surface area contributed by atoms with Crippen molar-refractivity contribution in [3.63, 3.8) is 0 Å². The fourth-order valence-corrected chi connectivity index (χ4v) is 3.60. The number of benzene rings is 2. The molecule has 2 heterocycles. The minimum atomic E-state index is -5.06. The van der Waals surface area contributed by atoms with Gasteiger partial charge < -0.3 is 4.74 Å². The van der Waals surface area contributed by atoms with Crippen molar-refractivity contribution in [1.82, 2.24) is 19.7 Å². The van der Waals surface area contributed by atoms with E-state index in [9.17, 15) is 27.2 Å². The number of aromatic nitrogens is 4. The Bertz CT molecular complexity index is 1770. The number of hydrogen-bond donors (Lipinski definition) is 1. The zero-order valence-corrected chi connectivity index (χ0v) is 19.4. The summed E-state index contributed by atoms with van der Waals surface area (Å²) in [5, 5.41) is 23.9. The van der Waals surface area contributed by atoms with Gasteiger partial charge in [0.2, 0.25) is 5.75 Å². The van der Waals surface area contributed by atoms with Crippen molar-refractivity contribution in [3.05, 3.63) is 103 Å². The van der Waals surface area contributed by atoms with E-state index >= 15 is 0 Å². The van der Waals surface area contributed by atoms with Crippen LogP contribution in [0.3, 0.4) is 0 Å². The van der Waals surface area contributed by atoms with Crippen LogP contribution in [0.25, 0.3) is 11.1 Å². The molecule has 2 aromatic carbocycles. The lowest BCUT2D eigenvalue weighted by Gasteiger charge is -2.15. The largest absolute Gasteiger partial charge is 0.449 e. The molecule has 0 spiro atoms. The Morgan fingerprint density at radius 3 is 2.50 bits per heavy atom. The number of ether oxygens (including phenoxy) is 1. The van der Waals surface area contributed by atoms with E-state index in [4.69, 9.17) is 26.9 Å². The van der Waals surface area contributed by atoms with Crippen molar-refractivity contribution in [3.8, 4) is 34.8 Å². The summed E-state index contributed by atoms with van der Waals surface area (Å²) >= 11 is 5.88. The zero-order chi connectivity index (χ0) is 27.6. The minimum absolute atomic E-state index is 0.00787. The molecule has 0 saturated carbocycles. The van der Waals surface area contributed by atoms with Crippen molar-refractivity contribution in [2.45, 2.75) is 12.7 Å². The quantitative estimate of drug-likeness (QED) is 0.369. The summed E-state index contributed by atoms with van der Waals surface area (Å²) < 4.78 is 60.9. The predicted molar refractivity (Wildman–Crippen MR) is 124 cm³/mol. The highest BCUT2D eigenvalue weighted by atomic mass is 35.5. The van der Waals surface area contributed by atoms with Crippen molar-refractivity contribution < 1.29 is 22.3 Å². The molecule has 9 nitrogen and oxygen atoms in total. The van der Waals surface area contributed by atoms with Crippen LogP contribution in [0.1, 0.15) is 22.5 Å². The van der Waals surface area contributed by atoms with Crippen LogP contribution < -0.4 is 15.9 Å². The molecule has 38 heavy (non-hydrogen) atoms. The second kappa shape index (κ2) is 10.2. The molecule has 0 bridgehead atoms. The maximum atomic E-state index is 14.1. The lowest BCUT2D eigenvalue weighted by Crippen LogP contribution is -2.27. The van der Waals surface area contributed by atoms with Gasteiger partial charge in [0, 0.05) is 5.02 Å². The molecule has 0 aliphatic rings. The normalized spacial score (nSPS) is 11.0. The van der Waals surface area contributed by atoms with Gasteiger partial charge in [-0.2, -0.15) is 28.8 Å². The van der Waals surface area contributed by atoms with Crippen LogP contribution in [0.4, 0.5) is 17.6 Å². The fourth-order valence-electron chi connectivity index (χ4n) is 3.37. The average molecular weight is 543 g/mol.